The van der Waals surface area contributed by atoms with Gasteiger partial charge in [0.25, 0.3) is 0 Å². The van der Waals surface area contributed by atoms with Crippen molar-refractivity contribution >= 4 is 41.6 Å². The lowest BCUT2D eigenvalue weighted by Gasteiger charge is -2.42. The molecule has 0 bridgehead atoms. The molecule has 242 valence electrons. The van der Waals surface area contributed by atoms with Crippen molar-refractivity contribution in [3.05, 3.63) is 33.9 Å². The molecule has 0 spiro atoms. The van der Waals surface area contributed by atoms with E-state index in [0.29, 0.717) is 0 Å². The minimum atomic E-state index is -1.86. The van der Waals surface area contributed by atoms with Crippen LogP contribution in [-0.4, -0.2) is 104 Å². The van der Waals surface area contributed by atoms with Gasteiger partial charge in [0, 0.05) is 26.8 Å². The Hall–Kier alpha value is -5.04. The molecule has 1 heterocycles. The van der Waals surface area contributed by atoms with E-state index in [4.69, 9.17) is 33.2 Å². The first kappa shape index (κ1) is 35.2. The van der Waals surface area contributed by atoms with Gasteiger partial charge in [-0.3, -0.25) is 24.5 Å². The van der Waals surface area contributed by atoms with Crippen molar-refractivity contribution in [2.45, 2.75) is 64.1 Å². The number of nitro groups is 1. The maximum absolute atomic E-state index is 12.6. The van der Waals surface area contributed by atoms with Gasteiger partial charge in [0.1, 0.15) is 6.61 Å². The minimum Gasteiger partial charge on any atom is -0.467 e. The normalized spacial score (nSPS) is 21.5. The predicted molar refractivity (Wildman–Crippen MR) is 137 cm³/mol. The number of aliphatic hydroxyl groups is 1. The lowest BCUT2D eigenvalue weighted by Crippen LogP contribution is -2.64. The number of ether oxygens (including phenoxy) is 8. The standard InChI is InChI=1S/C25H30N2O17/c1-11(29)40-18-19(41-12(2)30)21(42-13(3)31)24(44-20(18)23(33)38-5)43-17-7-6-14(8-16(17)27(35)36)10-39-25(34)26-15(9-28)22(32)37-4/h6-8,15,18-21,24,28H,9-10H2,1-5H3,(H,26,34)/t15-,18-,19-,20-,21+,24+/m0/s1. The molecule has 0 aromatic heterocycles. The molecule has 0 radical (unpaired) electrons. The zero-order chi connectivity index (χ0) is 33.1. The molecule has 0 aliphatic carbocycles. The van der Waals surface area contributed by atoms with Crippen LogP contribution in [0.4, 0.5) is 10.5 Å². The zero-order valence-corrected chi connectivity index (χ0v) is 24.0. The van der Waals surface area contributed by atoms with Gasteiger partial charge in [-0.25, -0.2) is 14.4 Å². The van der Waals surface area contributed by atoms with Gasteiger partial charge in [-0.05, 0) is 11.6 Å². The maximum atomic E-state index is 12.6. The Morgan fingerprint density at radius 2 is 1.55 bits per heavy atom. The molecule has 6 atom stereocenters. The van der Waals surface area contributed by atoms with Gasteiger partial charge in [0.2, 0.25) is 12.4 Å². The molecule has 44 heavy (non-hydrogen) atoms. The van der Waals surface area contributed by atoms with Crippen molar-refractivity contribution in [2.75, 3.05) is 20.8 Å². The van der Waals surface area contributed by atoms with Crippen LogP contribution >= 0.6 is 0 Å². The Labute approximate surface area is 248 Å². The third-order valence-electron chi connectivity index (χ3n) is 5.63. The predicted octanol–water partition coefficient (Wildman–Crippen LogP) is -0.573. The van der Waals surface area contributed by atoms with Crippen LogP contribution in [0.2, 0.25) is 0 Å². The second-order valence-corrected chi connectivity index (χ2v) is 8.83. The Bertz CT molecular complexity index is 1270. The number of methoxy groups -OCH3 is 2. The summed E-state index contributed by atoms with van der Waals surface area (Å²) in [6.45, 7) is 1.64. The average molecular weight is 631 g/mol. The van der Waals surface area contributed by atoms with Crippen LogP contribution in [0.25, 0.3) is 0 Å². The molecule has 19 heteroatoms. The fourth-order valence-corrected chi connectivity index (χ4v) is 3.85. The maximum Gasteiger partial charge on any atom is 0.408 e. The van der Waals surface area contributed by atoms with Crippen LogP contribution in [0.1, 0.15) is 26.3 Å². The van der Waals surface area contributed by atoms with E-state index in [1.165, 1.54) is 6.07 Å². The monoisotopic (exact) mass is 630 g/mol. The third kappa shape index (κ3) is 9.49. The van der Waals surface area contributed by atoms with Gasteiger partial charge >= 0.3 is 41.6 Å². The highest BCUT2D eigenvalue weighted by molar-refractivity contribution is 5.81. The van der Waals surface area contributed by atoms with Crippen molar-refractivity contribution in [1.82, 2.24) is 5.32 Å². The zero-order valence-electron chi connectivity index (χ0n) is 24.0. The lowest BCUT2D eigenvalue weighted by molar-refractivity contribution is -0.387. The number of carbonyl (C=O) groups is 6. The fourth-order valence-electron chi connectivity index (χ4n) is 3.85. The van der Waals surface area contributed by atoms with Crippen LogP contribution in [0.3, 0.4) is 0 Å². The van der Waals surface area contributed by atoms with Crippen LogP contribution in [0.15, 0.2) is 18.2 Å². The summed E-state index contributed by atoms with van der Waals surface area (Å²) in [5, 5.41) is 23.2. The number of hydrogen-bond donors (Lipinski definition) is 2. The molecule has 2 rings (SSSR count). The molecular formula is C25H30N2O17. The van der Waals surface area contributed by atoms with Gasteiger partial charge in [-0.1, -0.05) is 6.07 Å². The highest BCUT2D eigenvalue weighted by atomic mass is 16.7. The summed E-state index contributed by atoms with van der Waals surface area (Å²) in [7, 11) is 2.02. The second-order valence-electron chi connectivity index (χ2n) is 8.83. The molecule has 1 aliphatic rings. The molecule has 1 saturated heterocycles. The van der Waals surface area contributed by atoms with E-state index >= 15 is 0 Å². The summed E-state index contributed by atoms with van der Waals surface area (Å²) < 4.78 is 40.9. The van der Waals surface area contributed by atoms with E-state index in [0.717, 1.165) is 47.1 Å². The van der Waals surface area contributed by atoms with Crippen molar-refractivity contribution < 1.29 is 76.7 Å². The summed E-state index contributed by atoms with van der Waals surface area (Å²) >= 11 is 0. The Morgan fingerprint density at radius 3 is 2.07 bits per heavy atom. The van der Waals surface area contributed by atoms with Crippen LogP contribution in [-0.2, 0) is 63.7 Å². The molecule has 0 saturated carbocycles. The summed E-state index contributed by atoms with van der Waals surface area (Å²) in [4.78, 5) is 82.8. The number of alkyl carbamates (subject to hydrolysis) is 1. The molecule has 1 aliphatic heterocycles. The van der Waals surface area contributed by atoms with Gasteiger partial charge in [-0.2, -0.15) is 0 Å². The van der Waals surface area contributed by atoms with Crippen molar-refractivity contribution in [1.29, 1.82) is 0 Å². The van der Waals surface area contributed by atoms with Crippen LogP contribution in [0.5, 0.6) is 5.75 Å². The second kappa shape index (κ2) is 16.0. The van der Waals surface area contributed by atoms with Crippen molar-refractivity contribution in [3.63, 3.8) is 0 Å². The van der Waals surface area contributed by atoms with E-state index in [-0.39, 0.29) is 5.56 Å². The molecule has 0 unspecified atom stereocenters. The number of hydrogen-bond acceptors (Lipinski definition) is 17. The highest BCUT2D eigenvalue weighted by Gasteiger charge is 2.56. The lowest BCUT2D eigenvalue weighted by atomic mass is 9.97. The minimum absolute atomic E-state index is 0.0686. The van der Waals surface area contributed by atoms with E-state index in [1.807, 2.05) is 0 Å². The van der Waals surface area contributed by atoms with Gasteiger partial charge < -0.3 is 48.3 Å². The smallest absolute Gasteiger partial charge is 0.408 e. The fraction of sp³-hybridized carbons (Fsp3) is 0.520. The summed E-state index contributed by atoms with van der Waals surface area (Å²) in [5.74, 6) is -5.36. The molecule has 1 aromatic carbocycles. The number of nitrogens with zero attached hydrogens (tertiary/aromatic N) is 1. The number of esters is 5. The summed E-state index contributed by atoms with van der Waals surface area (Å²) in [6.07, 6.45) is -9.91. The molecule has 1 fully saturated rings. The molecule has 19 nitrogen and oxygen atoms in total. The van der Waals surface area contributed by atoms with E-state index in [1.54, 1.807) is 0 Å². The van der Waals surface area contributed by atoms with Crippen molar-refractivity contribution in [2.24, 2.45) is 0 Å². The topological polar surface area (TPSA) is 252 Å². The molecule has 2 N–H and O–H groups in total. The first-order valence-electron chi connectivity index (χ1n) is 12.5. The van der Waals surface area contributed by atoms with Gasteiger partial charge in [0.05, 0.1) is 25.7 Å². The number of rotatable bonds is 12. The largest absolute Gasteiger partial charge is 0.467 e. The quantitative estimate of drug-likeness (QED) is 0.127. The number of aliphatic hydroxyl groups excluding tert-OH is 1. The molecule has 1 aromatic rings. The van der Waals surface area contributed by atoms with E-state index in [2.05, 4.69) is 10.1 Å². The number of amides is 1. The van der Waals surface area contributed by atoms with E-state index < -0.39 is 102 Å². The van der Waals surface area contributed by atoms with Crippen molar-refractivity contribution in [3.8, 4) is 5.75 Å². The third-order valence-corrected chi connectivity index (χ3v) is 5.63. The number of carbonyl (C=O) groups excluding carboxylic acids is 6. The highest BCUT2D eigenvalue weighted by Crippen LogP contribution is 2.35. The SMILES string of the molecule is COC(=O)[C@H](CO)NC(=O)OCc1ccc(O[C@@H]2O[C@H](C(=O)OC)[C@@H](OC(C)=O)[C@H](OC(C)=O)[C@H]2OC(C)=O)c([N+](=O)[O-])c1. The van der Waals surface area contributed by atoms with Gasteiger partial charge in [0.15, 0.2) is 30.1 Å². The number of benzene rings is 1. The van der Waals surface area contributed by atoms with E-state index in [9.17, 15) is 44.0 Å². The Morgan fingerprint density at radius 1 is 0.955 bits per heavy atom. The van der Waals surface area contributed by atoms with Gasteiger partial charge in [-0.15, -0.1) is 0 Å². The Balaban J connectivity index is 2.41. The number of nitro benzene ring substituents is 1. The molecule has 1 amide bonds. The summed E-state index contributed by atoms with van der Waals surface area (Å²) in [5.41, 5.74) is -0.640. The van der Waals surface area contributed by atoms with Crippen LogP contribution < -0.4 is 10.1 Å². The molecular weight excluding hydrogens is 600 g/mol. The first-order valence-corrected chi connectivity index (χ1v) is 12.5. The first-order chi connectivity index (χ1) is 20.7. The number of nitrogens with one attached hydrogen (secondary N) is 1. The van der Waals surface area contributed by atoms with Crippen LogP contribution in [0, 0.1) is 10.1 Å². The average Bonchev–Trinajstić information content (AvgIpc) is 2.96. The Kier molecular flexibility index (Phi) is 12.8. The summed E-state index contributed by atoms with van der Waals surface area (Å²) in [6, 6.07) is 1.86.